The summed E-state index contributed by atoms with van der Waals surface area (Å²) < 4.78 is 5.66. The van der Waals surface area contributed by atoms with E-state index in [-0.39, 0.29) is 12.5 Å². The first-order valence-electron chi connectivity index (χ1n) is 5.53. The van der Waals surface area contributed by atoms with Crippen molar-refractivity contribution in [3.8, 4) is 0 Å². The van der Waals surface area contributed by atoms with Crippen LogP contribution in [0.5, 0.6) is 0 Å². The van der Waals surface area contributed by atoms with Gasteiger partial charge in [-0.3, -0.25) is 4.79 Å². The van der Waals surface area contributed by atoms with Crippen LogP contribution in [-0.4, -0.2) is 22.7 Å². The molecule has 0 bridgehead atoms. The molecule has 0 aliphatic carbocycles. The number of thiazole rings is 1. The highest BCUT2D eigenvalue weighted by Gasteiger charge is 2.18. The Bertz CT molecular complexity index is 358. The van der Waals surface area contributed by atoms with Gasteiger partial charge in [-0.05, 0) is 19.3 Å². The largest absolute Gasteiger partial charge is 0.481 e. The second kappa shape index (κ2) is 5.41. The lowest BCUT2D eigenvalue weighted by Crippen LogP contribution is -2.09. The summed E-state index contributed by atoms with van der Waals surface area (Å²) in [7, 11) is 0. The predicted molar refractivity (Wildman–Crippen MR) is 60.6 cm³/mol. The van der Waals surface area contributed by atoms with Crippen LogP contribution < -0.4 is 0 Å². The van der Waals surface area contributed by atoms with Gasteiger partial charge in [0.2, 0.25) is 0 Å². The molecule has 2 rings (SSSR count). The number of carboxylic acid groups (broad SMARTS) is 1. The Hall–Kier alpha value is -0.940. The lowest BCUT2D eigenvalue weighted by Gasteiger charge is -2.20. The van der Waals surface area contributed by atoms with Crippen molar-refractivity contribution in [1.82, 2.24) is 4.98 Å². The molecule has 0 spiro atoms. The van der Waals surface area contributed by atoms with Gasteiger partial charge in [0.05, 0.1) is 22.4 Å². The average Bonchev–Trinajstić information content (AvgIpc) is 2.76. The Labute approximate surface area is 98.3 Å². The molecule has 1 aliphatic heterocycles. The Morgan fingerprint density at radius 2 is 2.50 bits per heavy atom. The maximum atomic E-state index is 10.4. The van der Waals surface area contributed by atoms with Crippen molar-refractivity contribution < 1.29 is 14.6 Å². The highest BCUT2D eigenvalue weighted by molar-refractivity contribution is 7.11. The highest BCUT2D eigenvalue weighted by atomic mass is 32.1. The third-order valence-corrected chi connectivity index (χ3v) is 3.77. The van der Waals surface area contributed by atoms with Crippen LogP contribution in [0.4, 0.5) is 0 Å². The van der Waals surface area contributed by atoms with E-state index >= 15 is 0 Å². The number of hydrogen-bond donors (Lipinski definition) is 1. The minimum Gasteiger partial charge on any atom is -0.481 e. The summed E-state index contributed by atoms with van der Waals surface area (Å²) in [5.41, 5.74) is 0. The molecule has 16 heavy (non-hydrogen) atoms. The van der Waals surface area contributed by atoms with E-state index in [2.05, 4.69) is 4.98 Å². The van der Waals surface area contributed by atoms with E-state index in [4.69, 9.17) is 9.84 Å². The Morgan fingerprint density at radius 3 is 3.19 bits per heavy atom. The molecular formula is C11H15NO3S. The minimum absolute atomic E-state index is 0.151. The van der Waals surface area contributed by atoms with Crippen LogP contribution >= 0.6 is 11.3 Å². The molecule has 1 aromatic rings. The molecule has 2 heterocycles. The summed E-state index contributed by atoms with van der Waals surface area (Å²) in [5, 5.41) is 9.48. The molecule has 0 saturated carbocycles. The van der Waals surface area contributed by atoms with Crippen molar-refractivity contribution in [3.05, 3.63) is 16.1 Å². The number of ether oxygens (including phenoxy) is 1. The second-order valence-corrected chi connectivity index (χ2v) is 5.05. The first kappa shape index (κ1) is 11.5. The molecule has 0 amide bonds. The second-order valence-electron chi connectivity index (χ2n) is 3.91. The van der Waals surface area contributed by atoms with E-state index in [1.807, 2.05) is 6.20 Å². The zero-order chi connectivity index (χ0) is 11.4. The fraction of sp³-hybridized carbons (Fsp3) is 0.636. The molecule has 1 N–H and O–H groups in total. The van der Waals surface area contributed by atoms with Gasteiger partial charge in [-0.2, -0.15) is 0 Å². The Morgan fingerprint density at radius 1 is 1.62 bits per heavy atom. The number of carbonyl (C=O) groups is 1. The van der Waals surface area contributed by atoms with Crippen LogP contribution in [0.15, 0.2) is 6.20 Å². The zero-order valence-corrected chi connectivity index (χ0v) is 9.83. The van der Waals surface area contributed by atoms with Crippen LogP contribution in [0.1, 0.15) is 41.7 Å². The maximum absolute atomic E-state index is 10.4. The first-order chi connectivity index (χ1) is 7.75. The number of hydrogen-bond acceptors (Lipinski definition) is 4. The number of aliphatic carboxylic acids is 1. The van der Waals surface area contributed by atoms with Gasteiger partial charge in [0, 0.05) is 19.2 Å². The number of aryl methyl sites for hydroxylation is 1. The van der Waals surface area contributed by atoms with E-state index in [1.165, 1.54) is 6.42 Å². The SMILES string of the molecule is O=C(O)CCc1ncc(C2CCCCO2)s1. The molecule has 88 valence electrons. The Balaban J connectivity index is 1.93. The van der Waals surface area contributed by atoms with Crippen molar-refractivity contribution in [2.24, 2.45) is 0 Å². The molecule has 1 saturated heterocycles. The first-order valence-corrected chi connectivity index (χ1v) is 6.35. The highest BCUT2D eigenvalue weighted by Crippen LogP contribution is 2.31. The molecule has 1 unspecified atom stereocenters. The molecule has 4 nitrogen and oxygen atoms in total. The van der Waals surface area contributed by atoms with Gasteiger partial charge in [0.25, 0.3) is 0 Å². The van der Waals surface area contributed by atoms with Gasteiger partial charge in [-0.1, -0.05) is 0 Å². The van der Waals surface area contributed by atoms with Gasteiger partial charge in [0.15, 0.2) is 0 Å². The normalized spacial score (nSPS) is 20.9. The van der Waals surface area contributed by atoms with E-state index in [0.29, 0.717) is 6.42 Å². The quantitative estimate of drug-likeness (QED) is 0.879. The number of aromatic nitrogens is 1. The lowest BCUT2D eigenvalue weighted by atomic mass is 10.1. The summed E-state index contributed by atoms with van der Waals surface area (Å²) in [6, 6.07) is 0. The third kappa shape index (κ3) is 3.02. The smallest absolute Gasteiger partial charge is 0.303 e. The van der Waals surface area contributed by atoms with E-state index in [1.54, 1.807) is 11.3 Å². The van der Waals surface area contributed by atoms with Gasteiger partial charge in [-0.25, -0.2) is 4.98 Å². The average molecular weight is 241 g/mol. The van der Waals surface area contributed by atoms with Gasteiger partial charge in [-0.15, -0.1) is 11.3 Å². The van der Waals surface area contributed by atoms with Crippen LogP contribution in [0.3, 0.4) is 0 Å². The fourth-order valence-corrected chi connectivity index (χ4v) is 2.77. The zero-order valence-electron chi connectivity index (χ0n) is 9.02. The Kier molecular flexibility index (Phi) is 3.90. The topological polar surface area (TPSA) is 59.4 Å². The van der Waals surface area contributed by atoms with Crippen molar-refractivity contribution >= 4 is 17.3 Å². The molecular weight excluding hydrogens is 226 g/mol. The van der Waals surface area contributed by atoms with E-state index < -0.39 is 5.97 Å². The molecule has 1 atom stereocenters. The van der Waals surface area contributed by atoms with Gasteiger partial charge >= 0.3 is 5.97 Å². The molecule has 1 fully saturated rings. The van der Waals surface area contributed by atoms with Crippen LogP contribution in [0.2, 0.25) is 0 Å². The van der Waals surface area contributed by atoms with Crippen molar-refractivity contribution in [1.29, 1.82) is 0 Å². The summed E-state index contributed by atoms with van der Waals surface area (Å²) in [6.07, 6.45) is 6.09. The van der Waals surface area contributed by atoms with E-state index in [0.717, 1.165) is 29.3 Å². The number of nitrogens with zero attached hydrogens (tertiary/aromatic N) is 1. The van der Waals surface area contributed by atoms with Gasteiger partial charge in [0.1, 0.15) is 0 Å². The summed E-state index contributed by atoms with van der Waals surface area (Å²) >= 11 is 1.58. The molecule has 0 aromatic carbocycles. The number of rotatable bonds is 4. The number of carboxylic acids is 1. The van der Waals surface area contributed by atoms with Crippen LogP contribution in [0.25, 0.3) is 0 Å². The monoisotopic (exact) mass is 241 g/mol. The van der Waals surface area contributed by atoms with Crippen molar-refractivity contribution in [3.63, 3.8) is 0 Å². The fourth-order valence-electron chi connectivity index (χ4n) is 1.77. The molecule has 1 aromatic heterocycles. The maximum Gasteiger partial charge on any atom is 0.303 e. The molecule has 5 heteroatoms. The lowest BCUT2D eigenvalue weighted by molar-refractivity contribution is -0.136. The van der Waals surface area contributed by atoms with Crippen molar-refractivity contribution in [2.75, 3.05) is 6.61 Å². The van der Waals surface area contributed by atoms with Gasteiger partial charge < -0.3 is 9.84 Å². The summed E-state index contributed by atoms with van der Waals surface area (Å²) in [4.78, 5) is 15.8. The molecule has 0 radical (unpaired) electrons. The summed E-state index contributed by atoms with van der Waals surface area (Å²) in [6.45, 7) is 0.826. The van der Waals surface area contributed by atoms with E-state index in [9.17, 15) is 4.79 Å². The standard InChI is InChI=1S/C11H15NO3S/c13-11(14)5-4-10-12-7-9(16-10)8-3-1-2-6-15-8/h7-8H,1-6H2,(H,13,14). The third-order valence-electron chi connectivity index (χ3n) is 2.62. The van der Waals surface area contributed by atoms with Crippen LogP contribution in [0, 0.1) is 0 Å². The minimum atomic E-state index is -0.773. The molecule has 1 aliphatic rings. The van der Waals surface area contributed by atoms with Crippen molar-refractivity contribution in [2.45, 2.75) is 38.2 Å². The summed E-state index contributed by atoms with van der Waals surface area (Å²) in [5.74, 6) is -0.773. The van der Waals surface area contributed by atoms with Crippen LogP contribution in [-0.2, 0) is 16.0 Å². The predicted octanol–water partition coefficient (Wildman–Crippen LogP) is 2.40.